The quantitative estimate of drug-likeness (QED) is 0.483. The van der Waals surface area contributed by atoms with Crippen LogP contribution >= 0.6 is 11.3 Å². The van der Waals surface area contributed by atoms with E-state index in [1.165, 1.54) is 18.2 Å². The van der Waals surface area contributed by atoms with Crippen molar-refractivity contribution in [2.75, 3.05) is 7.05 Å². The number of amides is 1. The lowest BCUT2D eigenvalue weighted by atomic mass is 10.1. The normalized spacial score (nSPS) is 10.7. The van der Waals surface area contributed by atoms with Crippen LogP contribution in [0.1, 0.15) is 10.4 Å². The monoisotopic (exact) mass is 302 g/mol. The Balaban J connectivity index is 2.07. The fourth-order valence-corrected chi connectivity index (χ4v) is 2.55. The van der Waals surface area contributed by atoms with E-state index in [2.05, 4.69) is 0 Å². The molecule has 0 spiro atoms. The molecule has 0 fully saturated rings. The molecular weight excluding hydrogens is 288 g/mol. The minimum atomic E-state index is -0.459. The number of carbonyl (C=O) groups excluding carboxylic acids is 1. The third kappa shape index (κ3) is 4.00. The first-order valence-corrected chi connectivity index (χ1v) is 7.15. The van der Waals surface area contributed by atoms with Gasteiger partial charge in [-0.3, -0.25) is 14.9 Å². The Morgan fingerprint density at radius 2 is 2.10 bits per heavy atom. The average Bonchev–Trinajstić information content (AvgIpc) is 2.97. The maximum Gasteiger partial charge on any atom is 0.276 e. The second-order valence-corrected chi connectivity index (χ2v) is 5.46. The Morgan fingerprint density at radius 1 is 1.33 bits per heavy atom. The Morgan fingerprint density at radius 3 is 2.76 bits per heavy atom. The van der Waals surface area contributed by atoms with E-state index in [9.17, 15) is 14.9 Å². The van der Waals surface area contributed by atoms with Crippen LogP contribution in [0, 0.1) is 10.1 Å². The Kier molecular flexibility index (Phi) is 4.84. The van der Waals surface area contributed by atoms with Crippen LogP contribution in [0.3, 0.4) is 0 Å². The summed E-state index contributed by atoms with van der Waals surface area (Å²) in [5.41, 5.74) is 0.405. The molecule has 0 bridgehead atoms. The molecule has 0 unspecified atom stereocenters. The number of benzene rings is 1. The second-order valence-electron chi connectivity index (χ2n) is 4.42. The van der Waals surface area contributed by atoms with Crippen molar-refractivity contribution in [3.63, 3.8) is 0 Å². The molecule has 0 N–H and O–H groups in total. The minimum absolute atomic E-state index is 0.0116. The molecule has 108 valence electrons. The summed E-state index contributed by atoms with van der Waals surface area (Å²) in [4.78, 5) is 25.1. The van der Waals surface area contributed by atoms with Gasteiger partial charge in [-0.2, -0.15) is 0 Å². The van der Waals surface area contributed by atoms with Crippen molar-refractivity contribution in [3.05, 3.63) is 68.4 Å². The second kappa shape index (κ2) is 6.81. The molecule has 0 saturated heterocycles. The molecule has 0 aliphatic rings. The van der Waals surface area contributed by atoms with Crippen molar-refractivity contribution in [2.24, 2.45) is 0 Å². The van der Waals surface area contributed by atoms with Gasteiger partial charge in [-0.05, 0) is 23.6 Å². The molecule has 1 heterocycles. The zero-order valence-corrected chi connectivity index (χ0v) is 12.2. The van der Waals surface area contributed by atoms with Crippen molar-refractivity contribution < 1.29 is 9.72 Å². The molecule has 1 aromatic carbocycles. The Hall–Kier alpha value is -2.47. The topological polar surface area (TPSA) is 63.5 Å². The molecule has 5 nitrogen and oxygen atoms in total. The highest BCUT2D eigenvalue weighted by atomic mass is 32.1. The molecule has 0 radical (unpaired) electrons. The van der Waals surface area contributed by atoms with E-state index in [-0.39, 0.29) is 11.6 Å². The molecule has 1 amide bonds. The largest absolute Gasteiger partial charge is 0.337 e. The zero-order valence-electron chi connectivity index (χ0n) is 11.4. The summed E-state index contributed by atoms with van der Waals surface area (Å²) in [7, 11) is 1.70. The summed E-state index contributed by atoms with van der Waals surface area (Å²) in [5, 5.41) is 12.8. The van der Waals surface area contributed by atoms with E-state index < -0.39 is 4.92 Å². The van der Waals surface area contributed by atoms with Crippen molar-refractivity contribution in [1.29, 1.82) is 0 Å². The van der Waals surface area contributed by atoms with Gasteiger partial charge in [0.2, 0.25) is 5.91 Å². The third-order valence-corrected chi connectivity index (χ3v) is 3.75. The van der Waals surface area contributed by atoms with Crippen LogP contribution in [0.5, 0.6) is 0 Å². The highest BCUT2D eigenvalue weighted by Crippen LogP contribution is 2.19. The molecule has 2 rings (SSSR count). The number of nitrogens with zero attached hydrogens (tertiary/aromatic N) is 2. The summed E-state index contributed by atoms with van der Waals surface area (Å²) in [5.74, 6) is -0.193. The van der Waals surface area contributed by atoms with Crippen molar-refractivity contribution in [3.8, 4) is 0 Å². The van der Waals surface area contributed by atoms with Gasteiger partial charge in [-0.1, -0.05) is 18.2 Å². The fraction of sp³-hybridized carbons (Fsp3) is 0.133. The molecule has 1 aromatic heterocycles. The van der Waals surface area contributed by atoms with E-state index in [1.54, 1.807) is 41.5 Å². The van der Waals surface area contributed by atoms with Gasteiger partial charge in [0.15, 0.2) is 0 Å². The van der Waals surface area contributed by atoms with Crippen LogP contribution in [0.4, 0.5) is 5.69 Å². The van der Waals surface area contributed by atoms with Crippen LogP contribution in [0.15, 0.2) is 47.9 Å². The number of hydrogen-bond acceptors (Lipinski definition) is 4. The number of likely N-dealkylation sites (N-methyl/N-ethyl adjacent to an activating group) is 1. The third-order valence-electron chi connectivity index (χ3n) is 2.89. The summed E-state index contributed by atoms with van der Waals surface area (Å²) < 4.78 is 0. The van der Waals surface area contributed by atoms with Gasteiger partial charge in [0, 0.05) is 24.1 Å². The van der Waals surface area contributed by atoms with Crippen LogP contribution in [-0.2, 0) is 11.3 Å². The van der Waals surface area contributed by atoms with Gasteiger partial charge in [0.25, 0.3) is 5.69 Å². The van der Waals surface area contributed by atoms with Crippen molar-refractivity contribution >= 4 is 29.0 Å². The van der Waals surface area contributed by atoms with Crippen LogP contribution in [0.2, 0.25) is 0 Å². The lowest BCUT2D eigenvalue weighted by molar-refractivity contribution is -0.385. The molecule has 0 aliphatic carbocycles. The number of carbonyl (C=O) groups is 1. The SMILES string of the molecule is CN(Cc1cccs1)C(=O)/C=C/c1ccccc1[N+](=O)[O-]. The van der Waals surface area contributed by atoms with Crippen LogP contribution < -0.4 is 0 Å². The predicted octanol–water partition coefficient (Wildman–Crippen LogP) is 3.33. The van der Waals surface area contributed by atoms with Gasteiger partial charge in [-0.25, -0.2) is 0 Å². The van der Waals surface area contributed by atoms with Gasteiger partial charge in [-0.15, -0.1) is 11.3 Å². The number of hydrogen-bond donors (Lipinski definition) is 0. The highest BCUT2D eigenvalue weighted by molar-refractivity contribution is 7.09. The van der Waals surface area contributed by atoms with Crippen LogP contribution in [0.25, 0.3) is 6.08 Å². The first-order chi connectivity index (χ1) is 10.1. The van der Waals surface area contributed by atoms with Crippen molar-refractivity contribution in [1.82, 2.24) is 4.90 Å². The average molecular weight is 302 g/mol. The maximum atomic E-state index is 12.0. The van der Waals surface area contributed by atoms with Gasteiger partial charge < -0.3 is 4.90 Å². The molecule has 6 heteroatoms. The summed E-state index contributed by atoms with van der Waals surface area (Å²) in [6.07, 6.45) is 2.83. The van der Waals surface area contributed by atoms with Crippen molar-refractivity contribution in [2.45, 2.75) is 6.54 Å². The molecular formula is C15H14N2O3S. The van der Waals surface area contributed by atoms with E-state index in [0.29, 0.717) is 12.1 Å². The fourth-order valence-electron chi connectivity index (χ4n) is 1.80. The smallest absolute Gasteiger partial charge is 0.276 e. The first-order valence-electron chi connectivity index (χ1n) is 6.27. The van der Waals surface area contributed by atoms with Gasteiger partial charge in [0.05, 0.1) is 17.0 Å². The standard InChI is InChI=1S/C15H14N2O3S/c1-16(11-13-6-4-10-21-13)15(18)9-8-12-5-2-3-7-14(12)17(19)20/h2-10H,11H2,1H3/b9-8+. The Bertz CT molecular complexity index is 665. The number of thiophene rings is 1. The predicted molar refractivity (Wildman–Crippen MR) is 82.9 cm³/mol. The lowest BCUT2D eigenvalue weighted by Gasteiger charge is -2.13. The van der Waals surface area contributed by atoms with Gasteiger partial charge in [0.1, 0.15) is 0 Å². The number of rotatable bonds is 5. The number of nitro benzene ring substituents is 1. The molecule has 0 atom stereocenters. The van der Waals surface area contributed by atoms with E-state index >= 15 is 0 Å². The highest BCUT2D eigenvalue weighted by Gasteiger charge is 2.11. The Labute approximate surface area is 126 Å². The minimum Gasteiger partial charge on any atom is -0.337 e. The number of para-hydroxylation sites is 1. The van der Waals surface area contributed by atoms with E-state index in [4.69, 9.17) is 0 Å². The van der Waals surface area contributed by atoms with Crippen LogP contribution in [-0.4, -0.2) is 22.8 Å². The first kappa shape index (κ1) is 14.9. The molecule has 2 aromatic rings. The number of nitro groups is 1. The summed E-state index contributed by atoms with van der Waals surface area (Å²) >= 11 is 1.58. The molecule has 0 saturated carbocycles. The molecule has 21 heavy (non-hydrogen) atoms. The van der Waals surface area contributed by atoms with E-state index in [1.807, 2.05) is 17.5 Å². The summed E-state index contributed by atoms with van der Waals surface area (Å²) in [6, 6.07) is 10.2. The molecule has 0 aliphatic heterocycles. The maximum absolute atomic E-state index is 12.0. The lowest BCUT2D eigenvalue weighted by Crippen LogP contribution is -2.23. The zero-order chi connectivity index (χ0) is 15.2. The van der Waals surface area contributed by atoms with Gasteiger partial charge >= 0.3 is 0 Å². The van der Waals surface area contributed by atoms with E-state index in [0.717, 1.165) is 4.88 Å². The summed E-state index contributed by atoms with van der Waals surface area (Å²) in [6.45, 7) is 0.526.